The van der Waals surface area contributed by atoms with Crippen LogP contribution in [-0.2, 0) is 19.1 Å². The molecule has 2 saturated heterocycles. The minimum atomic E-state index is -0.621. The van der Waals surface area contributed by atoms with Crippen molar-refractivity contribution in [3.8, 4) is 0 Å². The monoisotopic (exact) mass is 422 g/mol. The second kappa shape index (κ2) is 5.43. The van der Waals surface area contributed by atoms with Gasteiger partial charge in [-0.05, 0) is 42.2 Å². The van der Waals surface area contributed by atoms with Crippen molar-refractivity contribution >= 4 is 11.8 Å². The molecule has 5 aliphatic rings. The molecule has 0 N–H and O–H groups in total. The highest BCUT2D eigenvalue weighted by Crippen LogP contribution is 2.78. The smallest absolute Gasteiger partial charge is 0.339 e. The van der Waals surface area contributed by atoms with E-state index < -0.39 is 23.2 Å². The van der Waals surface area contributed by atoms with Crippen LogP contribution in [0.4, 0.5) is 0 Å². The average Bonchev–Trinajstić information content (AvgIpc) is 3.28. The SMILES string of the molecule is CC1(C)C(=O)C=C[C@]2(C)C1C=C[C@]1(C)[C@H]2CC[C@@]2(C)[C@H](c3ccoc3)OC(=O)[C@H]3O[C@@]321. The number of rotatable bonds is 1. The highest BCUT2D eigenvalue weighted by atomic mass is 16.7. The summed E-state index contributed by atoms with van der Waals surface area (Å²) in [5.74, 6) is 0.283. The number of esters is 1. The van der Waals surface area contributed by atoms with Crippen molar-refractivity contribution in [1.29, 1.82) is 0 Å². The second-order valence-electron chi connectivity index (χ2n) is 11.5. The molecule has 5 nitrogen and oxygen atoms in total. The Labute approximate surface area is 182 Å². The Kier molecular flexibility index (Phi) is 3.42. The summed E-state index contributed by atoms with van der Waals surface area (Å²) in [5.41, 5.74) is -1.08. The number of hydrogen-bond donors (Lipinski definition) is 0. The van der Waals surface area contributed by atoms with Gasteiger partial charge in [-0.25, -0.2) is 4.79 Å². The number of carbonyl (C=O) groups excluding carboxylic acids is 2. The molecule has 1 aromatic rings. The normalized spacial score (nSPS) is 51.3. The van der Waals surface area contributed by atoms with E-state index in [0.717, 1.165) is 18.4 Å². The summed E-state index contributed by atoms with van der Waals surface area (Å²) >= 11 is 0. The molecule has 164 valence electrons. The molecule has 0 bridgehead atoms. The second-order valence-corrected chi connectivity index (χ2v) is 11.5. The molecule has 1 saturated carbocycles. The van der Waals surface area contributed by atoms with Crippen LogP contribution in [0, 0.1) is 33.5 Å². The standard InChI is InChI=1S/C26H30O5/c1-22(2)16-6-11-24(4)17(23(16,3)10-8-18(22)27)7-12-25(5)19(15-9-13-29-14-15)30-21(28)20-26(24,25)31-20/h6,8-11,13-14,16-17,19-20H,7,12H2,1-5H3/t16?,17-,19-,20+,23+,24+,25-,26+/m0/s1. The molecular formula is C26H30O5. The summed E-state index contributed by atoms with van der Waals surface area (Å²) in [6, 6.07) is 1.89. The van der Waals surface area contributed by atoms with Crippen LogP contribution in [0.2, 0.25) is 0 Å². The predicted octanol–water partition coefficient (Wildman–Crippen LogP) is 4.80. The van der Waals surface area contributed by atoms with E-state index >= 15 is 0 Å². The zero-order valence-electron chi connectivity index (χ0n) is 18.8. The first-order chi connectivity index (χ1) is 14.5. The van der Waals surface area contributed by atoms with Gasteiger partial charge in [-0.2, -0.15) is 0 Å². The number of cyclic esters (lactones) is 1. The lowest BCUT2D eigenvalue weighted by Gasteiger charge is -2.64. The molecule has 1 spiro atoms. The molecule has 1 aromatic heterocycles. The van der Waals surface area contributed by atoms with Crippen LogP contribution in [0.15, 0.2) is 47.3 Å². The molecule has 0 amide bonds. The maximum Gasteiger partial charge on any atom is 0.339 e. The van der Waals surface area contributed by atoms with E-state index in [1.807, 2.05) is 6.07 Å². The van der Waals surface area contributed by atoms with Gasteiger partial charge in [0, 0.05) is 21.8 Å². The van der Waals surface area contributed by atoms with E-state index in [0.29, 0.717) is 0 Å². The molecule has 0 radical (unpaired) electrons. The van der Waals surface area contributed by atoms with E-state index in [1.54, 1.807) is 18.6 Å². The highest BCUT2D eigenvalue weighted by Gasteiger charge is 2.85. The van der Waals surface area contributed by atoms with Gasteiger partial charge in [0.25, 0.3) is 0 Å². The Bertz CT molecular complexity index is 1050. The van der Waals surface area contributed by atoms with Gasteiger partial charge >= 0.3 is 5.97 Å². The molecule has 31 heavy (non-hydrogen) atoms. The van der Waals surface area contributed by atoms with Gasteiger partial charge in [-0.1, -0.05) is 52.8 Å². The number of ether oxygens (including phenoxy) is 2. The lowest BCUT2D eigenvalue weighted by atomic mass is 9.38. The van der Waals surface area contributed by atoms with E-state index in [9.17, 15) is 9.59 Å². The lowest BCUT2D eigenvalue weighted by Crippen LogP contribution is -2.66. The molecule has 8 atom stereocenters. The lowest BCUT2D eigenvalue weighted by molar-refractivity contribution is -0.191. The molecule has 3 heterocycles. The Morgan fingerprint density at radius 3 is 2.52 bits per heavy atom. The third-order valence-corrected chi connectivity index (χ3v) is 9.88. The Morgan fingerprint density at radius 1 is 1.03 bits per heavy atom. The predicted molar refractivity (Wildman–Crippen MR) is 113 cm³/mol. The molecule has 3 fully saturated rings. The van der Waals surface area contributed by atoms with Gasteiger partial charge in [0.2, 0.25) is 0 Å². The molecule has 0 aromatic carbocycles. The van der Waals surface area contributed by atoms with E-state index in [1.165, 1.54) is 0 Å². The van der Waals surface area contributed by atoms with E-state index in [-0.39, 0.29) is 39.8 Å². The van der Waals surface area contributed by atoms with Gasteiger partial charge in [-0.15, -0.1) is 0 Å². The average molecular weight is 423 g/mol. The first kappa shape index (κ1) is 19.5. The summed E-state index contributed by atoms with van der Waals surface area (Å²) in [6.45, 7) is 10.9. The van der Waals surface area contributed by atoms with Gasteiger partial charge in [-0.3, -0.25) is 4.79 Å². The van der Waals surface area contributed by atoms with E-state index in [4.69, 9.17) is 13.9 Å². The van der Waals surface area contributed by atoms with Crippen LogP contribution >= 0.6 is 0 Å². The maximum absolute atomic E-state index is 13.0. The van der Waals surface area contributed by atoms with Crippen LogP contribution < -0.4 is 0 Å². The minimum Gasteiger partial charge on any atom is -0.472 e. The summed E-state index contributed by atoms with van der Waals surface area (Å²) in [5, 5.41) is 0. The topological polar surface area (TPSA) is 69.0 Å². The molecule has 3 aliphatic carbocycles. The van der Waals surface area contributed by atoms with Crippen molar-refractivity contribution < 1.29 is 23.5 Å². The fourth-order valence-corrected chi connectivity index (χ4v) is 8.29. The Morgan fingerprint density at radius 2 is 1.81 bits per heavy atom. The first-order valence-corrected chi connectivity index (χ1v) is 11.4. The van der Waals surface area contributed by atoms with Crippen molar-refractivity contribution in [2.24, 2.45) is 33.5 Å². The molecule has 5 heteroatoms. The fourth-order valence-electron chi connectivity index (χ4n) is 8.29. The summed E-state index contributed by atoms with van der Waals surface area (Å²) in [6.07, 6.45) is 12.7. The number of allylic oxidation sites excluding steroid dienone is 3. The highest BCUT2D eigenvalue weighted by molar-refractivity contribution is 5.96. The third-order valence-electron chi connectivity index (χ3n) is 9.88. The summed E-state index contributed by atoms with van der Waals surface area (Å²) < 4.78 is 17.7. The summed E-state index contributed by atoms with van der Waals surface area (Å²) in [4.78, 5) is 25.7. The number of fused-ring (bicyclic) bond motifs is 3. The molecular weight excluding hydrogens is 392 g/mol. The number of epoxide rings is 1. The first-order valence-electron chi connectivity index (χ1n) is 11.4. The van der Waals surface area contributed by atoms with Gasteiger partial charge in [0.15, 0.2) is 11.9 Å². The van der Waals surface area contributed by atoms with Gasteiger partial charge in [0.05, 0.1) is 12.5 Å². The van der Waals surface area contributed by atoms with Crippen molar-refractivity contribution in [2.45, 2.75) is 65.3 Å². The van der Waals surface area contributed by atoms with Crippen molar-refractivity contribution in [3.05, 3.63) is 48.5 Å². The Hall–Kier alpha value is -2.14. The van der Waals surface area contributed by atoms with Gasteiger partial charge < -0.3 is 13.9 Å². The summed E-state index contributed by atoms with van der Waals surface area (Å²) in [7, 11) is 0. The Balaban J connectivity index is 1.52. The van der Waals surface area contributed by atoms with E-state index in [2.05, 4.69) is 52.8 Å². The zero-order valence-corrected chi connectivity index (χ0v) is 18.8. The van der Waals surface area contributed by atoms with Crippen LogP contribution in [0.1, 0.15) is 59.1 Å². The third kappa shape index (κ3) is 1.95. The van der Waals surface area contributed by atoms with Gasteiger partial charge in [0.1, 0.15) is 11.7 Å². The van der Waals surface area contributed by atoms with Crippen LogP contribution in [0.3, 0.4) is 0 Å². The number of carbonyl (C=O) groups is 2. The van der Waals surface area contributed by atoms with Crippen molar-refractivity contribution in [3.63, 3.8) is 0 Å². The molecule has 6 rings (SSSR count). The molecule has 2 aliphatic heterocycles. The van der Waals surface area contributed by atoms with Crippen LogP contribution in [0.25, 0.3) is 0 Å². The molecule has 1 unspecified atom stereocenters. The number of ketones is 1. The number of furan rings is 1. The number of hydrogen-bond acceptors (Lipinski definition) is 5. The fraction of sp³-hybridized carbons (Fsp3) is 0.615. The van der Waals surface area contributed by atoms with Crippen LogP contribution in [0.5, 0.6) is 0 Å². The largest absolute Gasteiger partial charge is 0.472 e. The van der Waals surface area contributed by atoms with Crippen molar-refractivity contribution in [2.75, 3.05) is 0 Å². The van der Waals surface area contributed by atoms with Crippen LogP contribution in [-0.4, -0.2) is 23.5 Å². The zero-order chi connectivity index (χ0) is 22.0. The van der Waals surface area contributed by atoms with Crippen molar-refractivity contribution in [1.82, 2.24) is 0 Å². The maximum atomic E-state index is 13.0. The minimum absolute atomic E-state index is 0.119. The quantitative estimate of drug-likeness (QED) is 0.370.